The summed E-state index contributed by atoms with van der Waals surface area (Å²) in [7, 11) is 0. The largest absolute Gasteiger partial charge is 0.464 e. The number of rotatable bonds is 7. The monoisotopic (exact) mass is 316 g/mol. The lowest BCUT2D eigenvalue weighted by Crippen LogP contribution is -2.34. The molecule has 0 radical (unpaired) electrons. The summed E-state index contributed by atoms with van der Waals surface area (Å²) < 4.78 is 31.3. The van der Waals surface area contributed by atoms with Gasteiger partial charge in [-0.3, -0.25) is 4.79 Å². The van der Waals surface area contributed by atoms with Gasteiger partial charge in [-0.1, -0.05) is 19.8 Å². The van der Waals surface area contributed by atoms with Gasteiger partial charge >= 0.3 is 5.97 Å². The van der Waals surface area contributed by atoms with E-state index < -0.39 is 17.6 Å². The Morgan fingerprint density at radius 2 is 2.10 bits per heavy atom. The van der Waals surface area contributed by atoms with Crippen LogP contribution >= 0.6 is 12.2 Å². The highest BCUT2D eigenvalue weighted by Crippen LogP contribution is 2.14. The van der Waals surface area contributed by atoms with Crippen LogP contribution in [0.1, 0.15) is 26.2 Å². The van der Waals surface area contributed by atoms with Crippen LogP contribution in [0.5, 0.6) is 0 Å². The molecule has 0 spiro atoms. The minimum absolute atomic E-state index is 0.0185. The van der Waals surface area contributed by atoms with Crippen LogP contribution in [0.4, 0.5) is 14.5 Å². The number of ether oxygens (including phenoxy) is 1. The molecule has 1 aromatic carbocycles. The second kappa shape index (κ2) is 9.23. The third-order valence-corrected chi connectivity index (χ3v) is 2.83. The topological polar surface area (TPSA) is 50.4 Å². The number of carbonyl (C=O) groups is 1. The first-order valence-corrected chi connectivity index (χ1v) is 7.09. The molecule has 0 atom stereocenters. The van der Waals surface area contributed by atoms with Gasteiger partial charge in [0.1, 0.15) is 18.2 Å². The highest BCUT2D eigenvalue weighted by Gasteiger charge is 2.07. The van der Waals surface area contributed by atoms with Crippen LogP contribution in [0.15, 0.2) is 18.2 Å². The van der Waals surface area contributed by atoms with Gasteiger partial charge < -0.3 is 15.4 Å². The van der Waals surface area contributed by atoms with E-state index in [4.69, 9.17) is 17.0 Å². The molecule has 0 aromatic heterocycles. The van der Waals surface area contributed by atoms with Crippen molar-refractivity contribution in [3.63, 3.8) is 0 Å². The smallest absolute Gasteiger partial charge is 0.325 e. The van der Waals surface area contributed by atoms with Crippen LogP contribution in [0.3, 0.4) is 0 Å². The van der Waals surface area contributed by atoms with Crippen LogP contribution in [0, 0.1) is 11.6 Å². The zero-order valence-corrected chi connectivity index (χ0v) is 12.6. The maximum Gasteiger partial charge on any atom is 0.325 e. The molecule has 0 bridgehead atoms. The lowest BCUT2D eigenvalue weighted by Gasteiger charge is -2.11. The number of benzene rings is 1. The number of hydrogen-bond donors (Lipinski definition) is 2. The number of hydrogen-bond acceptors (Lipinski definition) is 3. The molecule has 0 amide bonds. The van der Waals surface area contributed by atoms with Crippen LogP contribution in [-0.2, 0) is 9.53 Å². The lowest BCUT2D eigenvalue weighted by molar-refractivity contribution is -0.142. The fraction of sp³-hybridized carbons (Fsp3) is 0.429. The predicted molar refractivity (Wildman–Crippen MR) is 81.1 cm³/mol. The van der Waals surface area contributed by atoms with Crippen molar-refractivity contribution in [2.24, 2.45) is 0 Å². The molecule has 0 aliphatic rings. The molecule has 0 saturated heterocycles. The van der Waals surface area contributed by atoms with E-state index in [-0.39, 0.29) is 17.3 Å². The van der Waals surface area contributed by atoms with Gasteiger partial charge in [0, 0.05) is 6.07 Å². The minimum atomic E-state index is -0.636. The maximum absolute atomic E-state index is 13.4. The van der Waals surface area contributed by atoms with Gasteiger partial charge in [0.05, 0.1) is 12.3 Å². The molecule has 116 valence electrons. The predicted octanol–water partition coefficient (Wildman–Crippen LogP) is 2.98. The van der Waals surface area contributed by atoms with Gasteiger partial charge in [-0.25, -0.2) is 8.78 Å². The summed E-state index contributed by atoms with van der Waals surface area (Å²) >= 11 is 4.89. The number of unbranched alkanes of at least 4 members (excludes halogenated alkanes) is 2. The molecule has 1 rings (SSSR count). The van der Waals surface area contributed by atoms with E-state index in [1.807, 2.05) is 0 Å². The van der Waals surface area contributed by atoms with Gasteiger partial charge in [-0.2, -0.15) is 0 Å². The Balaban J connectivity index is 2.30. The average molecular weight is 316 g/mol. The van der Waals surface area contributed by atoms with Crippen LogP contribution < -0.4 is 10.6 Å². The first kappa shape index (κ1) is 17.3. The minimum Gasteiger partial charge on any atom is -0.464 e. The second-order valence-corrected chi connectivity index (χ2v) is 4.77. The normalized spacial score (nSPS) is 10.0. The molecule has 0 saturated carbocycles. The molecule has 0 unspecified atom stereocenters. The van der Waals surface area contributed by atoms with Crippen molar-refractivity contribution in [1.29, 1.82) is 0 Å². The number of esters is 1. The Bertz CT molecular complexity index is 498. The first-order chi connectivity index (χ1) is 10.0. The third-order valence-electron chi connectivity index (χ3n) is 2.58. The van der Waals surface area contributed by atoms with Crippen molar-refractivity contribution >= 4 is 29.0 Å². The molecule has 0 fully saturated rings. The average Bonchev–Trinajstić information content (AvgIpc) is 2.45. The summed E-state index contributed by atoms with van der Waals surface area (Å²) in [5, 5.41) is 5.07. The lowest BCUT2D eigenvalue weighted by atomic mass is 10.3. The van der Waals surface area contributed by atoms with Crippen molar-refractivity contribution in [2.75, 3.05) is 18.5 Å². The van der Waals surface area contributed by atoms with E-state index in [2.05, 4.69) is 17.6 Å². The molecule has 1 aromatic rings. The summed E-state index contributed by atoms with van der Waals surface area (Å²) in [6, 6.07) is 2.97. The molecule has 2 N–H and O–H groups in total. The van der Waals surface area contributed by atoms with Crippen molar-refractivity contribution in [1.82, 2.24) is 5.32 Å². The Morgan fingerprint density at radius 3 is 2.81 bits per heavy atom. The Labute approximate surface area is 127 Å². The molecule has 0 heterocycles. The highest BCUT2D eigenvalue weighted by atomic mass is 32.1. The molecule has 0 aliphatic carbocycles. The molecular formula is C14H18F2N2O2S. The van der Waals surface area contributed by atoms with Crippen molar-refractivity contribution in [2.45, 2.75) is 26.2 Å². The highest BCUT2D eigenvalue weighted by molar-refractivity contribution is 7.80. The van der Waals surface area contributed by atoms with E-state index in [9.17, 15) is 13.6 Å². The summed E-state index contributed by atoms with van der Waals surface area (Å²) in [6.07, 6.45) is 2.86. The van der Waals surface area contributed by atoms with Crippen molar-refractivity contribution in [3.05, 3.63) is 29.8 Å². The van der Waals surface area contributed by atoms with Crippen molar-refractivity contribution in [3.8, 4) is 0 Å². The van der Waals surface area contributed by atoms with Crippen LogP contribution in [0.2, 0.25) is 0 Å². The zero-order chi connectivity index (χ0) is 15.7. The van der Waals surface area contributed by atoms with E-state index in [1.165, 1.54) is 0 Å². The van der Waals surface area contributed by atoms with E-state index >= 15 is 0 Å². The van der Waals surface area contributed by atoms with Gasteiger partial charge in [0.25, 0.3) is 0 Å². The zero-order valence-electron chi connectivity index (χ0n) is 11.7. The van der Waals surface area contributed by atoms with E-state index in [0.717, 1.165) is 37.5 Å². The fourth-order valence-electron chi connectivity index (χ4n) is 1.50. The van der Waals surface area contributed by atoms with E-state index in [0.29, 0.717) is 6.61 Å². The third kappa shape index (κ3) is 6.99. The number of anilines is 1. The number of thiocarbonyl (C=S) groups is 1. The number of halogens is 2. The molecule has 0 aliphatic heterocycles. The van der Waals surface area contributed by atoms with Crippen LogP contribution in [-0.4, -0.2) is 24.2 Å². The van der Waals surface area contributed by atoms with Gasteiger partial charge in [0.2, 0.25) is 0 Å². The summed E-state index contributed by atoms with van der Waals surface area (Å²) in [5.74, 6) is -1.67. The number of nitrogens with one attached hydrogen (secondary N) is 2. The summed E-state index contributed by atoms with van der Waals surface area (Å²) in [6.45, 7) is 2.29. The van der Waals surface area contributed by atoms with Gasteiger partial charge in [0.15, 0.2) is 5.11 Å². The maximum atomic E-state index is 13.4. The first-order valence-electron chi connectivity index (χ1n) is 6.68. The second-order valence-electron chi connectivity index (χ2n) is 4.36. The Hall–Kier alpha value is -1.76. The summed E-state index contributed by atoms with van der Waals surface area (Å²) in [4.78, 5) is 11.4. The summed E-state index contributed by atoms with van der Waals surface area (Å²) in [5.41, 5.74) is -0.0937. The van der Waals surface area contributed by atoms with Crippen molar-refractivity contribution < 1.29 is 18.3 Å². The quantitative estimate of drug-likeness (QED) is 0.460. The SMILES string of the molecule is CCCCCOC(=O)CNC(=S)Nc1cc(F)ccc1F. The Morgan fingerprint density at radius 1 is 1.33 bits per heavy atom. The number of carbonyl (C=O) groups excluding carboxylic acids is 1. The standard InChI is InChI=1S/C14H18F2N2O2S/c1-2-3-4-7-20-13(19)9-17-14(21)18-12-8-10(15)5-6-11(12)16/h5-6,8H,2-4,7,9H2,1H3,(H2,17,18,21). The Kier molecular flexibility index (Phi) is 7.60. The molecule has 4 nitrogen and oxygen atoms in total. The van der Waals surface area contributed by atoms with Crippen LogP contribution in [0.25, 0.3) is 0 Å². The fourth-order valence-corrected chi connectivity index (χ4v) is 1.68. The molecule has 7 heteroatoms. The van der Waals surface area contributed by atoms with Gasteiger partial charge in [-0.15, -0.1) is 0 Å². The molecular weight excluding hydrogens is 298 g/mol. The van der Waals surface area contributed by atoms with E-state index in [1.54, 1.807) is 0 Å². The van der Waals surface area contributed by atoms with Gasteiger partial charge in [-0.05, 0) is 30.8 Å². The molecule has 21 heavy (non-hydrogen) atoms.